The molecule has 4 rings (SSSR count). The van der Waals surface area contributed by atoms with Crippen LogP contribution in [0.2, 0.25) is 10.2 Å². The van der Waals surface area contributed by atoms with Gasteiger partial charge in [0.15, 0.2) is 0 Å². The number of halogens is 2. The maximum absolute atomic E-state index is 13.4. The molecule has 0 spiro atoms. The lowest BCUT2D eigenvalue weighted by Crippen LogP contribution is -2.30. The van der Waals surface area contributed by atoms with Gasteiger partial charge in [0.25, 0.3) is 0 Å². The van der Waals surface area contributed by atoms with Crippen LogP contribution in [0.5, 0.6) is 0 Å². The highest BCUT2D eigenvalue weighted by molar-refractivity contribution is 6.37. The van der Waals surface area contributed by atoms with Crippen LogP contribution >= 0.6 is 23.2 Å². The maximum atomic E-state index is 13.4. The van der Waals surface area contributed by atoms with Crippen molar-refractivity contribution < 1.29 is 0 Å². The lowest BCUT2D eigenvalue weighted by atomic mass is 10.1. The number of anilines is 2. The monoisotopic (exact) mass is 439 g/mol. The molecule has 30 heavy (non-hydrogen) atoms. The minimum Gasteiger partial charge on any atom is -0.382 e. The zero-order valence-corrected chi connectivity index (χ0v) is 17.2. The first-order chi connectivity index (χ1) is 14.4. The molecule has 1 unspecified atom stereocenters. The largest absolute Gasteiger partial charge is 0.382 e. The van der Waals surface area contributed by atoms with E-state index >= 15 is 0 Å². The van der Waals surface area contributed by atoms with Crippen LogP contribution in [0.3, 0.4) is 0 Å². The summed E-state index contributed by atoms with van der Waals surface area (Å²) in [4.78, 5) is 21.3. The third-order valence-corrected chi connectivity index (χ3v) is 5.25. The predicted molar refractivity (Wildman–Crippen MR) is 116 cm³/mol. The van der Waals surface area contributed by atoms with Crippen molar-refractivity contribution in [1.29, 1.82) is 5.26 Å². The van der Waals surface area contributed by atoms with Crippen molar-refractivity contribution in [3.8, 4) is 11.8 Å². The van der Waals surface area contributed by atoms with Gasteiger partial charge < -0.3 is 11.1 Å². The molecule has 0 aliphatic rings. The third-order valence-electron chi connectivity index (χ3n) is 4.67. The molecule has 1 atom stereocenters. The Balaban J connectivity index is 1.94. The van der Waals surface area contributed by atoms with Crippen molar-refractivity contribution in [3.05, 3.63) is 80.7 Å². The molecule has 0 amide bonds. The van der Waals surface area contributed by atoms with Crippen LogP contribution in [0.4, 0.5) is 11.6 Å². The predicted octanol–water partition coefficient (Wildman–Crippen LogP) is 3.81. The Morgan fingerprint density at radius 2 is 1.93 bits per heavy atom. The number of fused-ring (bicyclic) bond motifs is 1. The number of aromatic nitrogens is 4. The maximum Gasteiger partial charge on any atom is 0.338 e. The van der Waals surface area contributed by atoms with Gasteiger partial charge in [0.2, 0.25) is 0 Å². The number of nitriles is 1. The minimum atomic E-state index is -0.450. The molecule has 0 aliphatic heterocycles. The van der Waals surface area contributed by atoms with Crippen LogP contribution < -0.4 is 16.7 Å². The van der Waals surface area contributed by atoms with Crippen LogP contribution in [0, 0.1) is 11.3 Å². The number of para-hydroxylation sites is 1. The highest BCUT2D eigenvalue weighted by Crippen LogP contribution is 2.29. The van der Waals surface area contributed by atoms with Crippen molar-refractivity contribution in [2.75, 3.05) is 11.1 Å². The van der Waals surface area contributed by atoms with E-state index in [0.717, 1.165) is 0 Å². The number of hydrogen-bond donors (Lipinski definition) is 2. The summed E-state index contributed by atoms with van der Waals surface area (Å²) in [5, 5.41) is 13.1. The van der Waals surface area contributed by atoms with Crippen LogP contribution in [0.25, 0.3) is 11.2 Å². The van der Waals surface area contributed by atoms with E-state index in [1.807, 2.05) is 43.3 Å². The average molecular weight is 440 g/mol. The molecule has 0 saturated carbocycles. The molecule has 4 aromatic rings. The second-order valence-electron chi connectivity index (χ2n) is 6.52. The van der Waals surface area contributed by atoms with E-state index in [9.17, 15) is 10.1 Å². The van der Waals surface area contributed by atoms with Crippen LogP contribution in [-0.4, -0.2) is 18.9 Å². The molecule has 8 nitrogen and oxygen atoms in total. The van der Waals surface area contributed by atoms with Crippen molar-refractivity contribution in [2.24, 2.45) is 0 Å². The second-order valence-corrected chi connectivity index (χ2v) is 7.31. The number of benzene rings is 1. The molecule has 150 valence electrons. The van der Waals surface area contributed by atoms with Gasteiger partial charge in [-0.25, -0.2) is 14.8 Å². The van der Waals surface area contributed by atoms with Crippen molar-refractivity contribution in [1.82, 2.24) is 18.9 Å². The van der Waals surface area contributed by atoms with Crippen molar-refractivity contribution in [3.63, 3.8) is 0 Å². The Kier molecular flexibility index (Phi) is 5.08. The van der Waals surface area contributed by atoms with Gasteiger partial charge >= 0.3 is 5.69 Å². The van der Waals surface area contributed by atoms with E-state index in [1.165, 1.54) is 21.4 Å². The lowest BCUT2D eigenvalue weighted by molar-refractivity contribution is 0.739. The van der Waals surface area contributed by atoms with E-state index in [1.54, 1.807) is 6.07 Å². The second kappa shape index (κ2) is 7.71. The molecule has 0 bridgehead atoms. The first-order valence-corrected chi connectivity index (χ1v) is 9.63. The van der Waals surface area contributed by atoms with Gasteiger partial charge in [-0.15, -0.1) is 0 Å². The van der Waals surface area contributed by atoms with E-state index in [2.05, 4.69) is 15.3 Å². The first-order valence-electron chi connectivity index (χ1n) is 8.87. The van der Waals surface area contributed by atoms with Gasteiger partial charge in [0.1, 0.15) is 34.7 Å². The van der Waals surface area contributed by atoms with Gasteiger partial charge in [-0.2, -0.15) is 5.26 Å². The number of rotatable bonds is 4. The topological polar surface area (TPSA) is 114 Å². The highest BCUT2D eigenvalue weighted by atomic mass is 35.5. The number of nitrogens with two attached hydrogens (primary N) is 1. The Labute approximate surface area is 181 Å². The van der Waals surface area contributed by atoms with Gasteiger partial charge in [-0.1, -0.05) is 41.4 Å². The molecule has 0 radical (unpaired) electrons. The fraction of sp³-hybridized carbons (Fsp3) is 0.100. The summed E-state index contributed by atoms with van der Waals surface area (Å²) < 4.78 is 2.87. The normalized spacial score (nSPS) is 11.9. The summed E-state index contributed by atoms with van der Waals surface area (Å²) in [6.07, 6.45) is 1.27. The fourth-order valence-corrected chi connectivity index (χ4v) is 3.83. The van der Waals surface area contributed by atoms with Crippen molar-refractivity contribution >= 4 is 40.4 Å². The van der Waals surface area contributed by atoms with E-state index < -0.39 is 6.04 Å². The van der Waals surface area contributed by atoms with Gasteiger partial charge in [-0.3, -0.25) is 8.97 Å². The smallest absolute Gasteiger partial charge is 0.338 e. The van der Waals surface area contributed by atoms with E-state index in [0.29, 0.717) is 21.9 Å². The lowest BCUT2D eigenvalue weighted by Gasteiger charge is -2.21. The van der Waals surface area contributed by atoms with E-state index in [4.69, 9.17) is 28.9 Å². The standard InChI is InChI=1S/C20H15Cl2N7O/c1-11(27-19-13(9-23)18(24)25-10-26-19)15-8-16-14(21)7-17(22)29(16)20(30)28(15)12-5-3-2-4-6-12/h2-8,10-11H,1H3,(H3,24,25,26,27). The number of nitrogen functional groups attached to an aromatic ring is 1. The Morgan fingerprint density at radius 3 is 2.63 bits per heavy atom. The number of nitrogens with one attached hydrogen (secondary N) is 1. The quantitative estimate of drug-likeness (QED) is 0.499. The molecule has 0 fully saturated rings. The Morgan fingerprint density at radius 1 is 1.20 bits per heavy atom. The average Bonchev–Trinajstić information content (AvgIpc) is 3.02. The minimum absolute atomic E-state index is 0.0690. The zero-order valence-electron chi connectivity index (χ0n) is 15.7. The van der Waals surface area contributed by atoms with Gasteiger partial charge in [0.05, 0.1) is 28.0 Å². The molecular formula is C20H15Cl2N7O. The molecule has 10 heteroatoms. The number of hydrogen-bond acceptors (Lipinski definition) is 6. The summed E-state index contributed by atoms with van der Waals surface area (Å²) in [7, 11) is 0. The van der Waals surface area contributed by atoms with Gasteiger partial charge in [-0.05, 0) is 31.2 Å². The Bertz CT molecular complexity index is 1360. The molecule has 0 saturated heterocycles. The first kappa shape index (κ1) is 19.8. The summed E-state index contributed by atoms with van der Waals surface area (Å²) in [6, 6.07) is 14.0. The van der Waals surface area contributed by atoms with Gasteiger partial charge in [0, 0.05) is 0 Å². The molecule has 1 aromatic carbocycles. The third kappa shape index (κ3) is 3.24. The summed E-state index contributed by atoms with van der Waals surface area (Å²) in [5.41, 5.74) is 7.26. The van der Waals surface area contributed by atoms with Crippen LogP contribution in [0.1, 0.15) is 24.2 Å². The molecule has 3 N–H and O–H groups in total. The molecule has 0 aliphatic carbocycles. The van der Waals surface area contributed by atoms with Crippen molar-refractivity contribution in [2.45, 2.75) is 13.0 Å². The summed E-state index contributed by atoms with van der Waals surface area (Å²) in [5.74, 6) is 0.337. The SMILES string of the molecule is CC(Nc1ncnc(N)c1C#N)c1cc2c(Cl)cc(Cl)n2c(=O)n1-c1ccccc1. The number of nitrogens with zero attached hydrogens (tertiary/aromatic N) is 5. The molecular weight excluding hydrogens is 425 g/mol. The fourth-order valence-electron chi connectivity index (χ4n) is 3.26. The van der Waals surface area contributed by atoms with E-state index in [-0.39, 0.29) is 28.0 Å². The molecule has 3 heterocycles. The highest BCUT2D eigenvalue weighted by Gasteiger charge is 2.21. The molecule has 3 aromatic heterocycles. The van der Waals surface area contributed by atoms with Crippen LogP contribution in [0.15, 0.2) is 53.6 Å². The zero-order chi connectivity index (χ0) is 21.4. The Hall–Kier alpha value is -3.54. The summed E-state index contributed by atoms with van der Waals surface area (Å²) >= 11 is 12.5. The van der Waals surface area contributed by atoms with Crippen LogP contribution in [-0.2, 0) is 0 Å². The summed E-state index contributed by atoms with van der Waals surface area (Å²) in [6.45, 7) is 1.84.